The molecule has 2 aromatic heterocycles. The van der Waals surface area contributed by atoms with Gasteiger partial charge in [0.05, 0.1) is 23.5 Å². The van der Waals surface area contributed by atoms with Crippen LogP contribution < -0.4 is 0 Å². The third-order valence-corrected chi connectivity index (χ3v) is 4.66. The molecule has 0 fully saturated rings. The van der Waals surface area contributed by atoms with Gasteiger partial charge in [-0.3, -0.25) is 4.79 Å². The van der Waals surface area contributed by atoms with Crippen LogP contribution in [0, 0.1) is 13.8 Å². The number of carbonyl (C=O) groups excluding carboxylic acids is 2. The van der Waals surface area contributed by atoms with E-state index in [1.807, 2.05) is 0 Å². The molecule has 2 rings (SSSR count). The summed E-state index contributed by atoms with van der Waals surface area (Å²) >= 11 is 2.69. The first kappa shape index (κ1) is 15.7. The lowest BCUT2D eigenvalue weighted by Gasteiger charge is -2.05. The highest BCUT2D eigenvalue weighted by Crippen LogP contribution is 2.24. The number of esters is 1. The maximum absolute atomic E-state index is 12.4. The zero-order valence-corrected chi connectivity index (χ0v) is 13.6. The second-order valence-corrected chi connectivity index (χ2v) is 6.32. The SMILES string of the molecule is CCOC(=O)c1c(C)[nH]c(C)c1C(=O)CSc1nncs1. The molecule has 0 atom stereocenters. The largest absolute Gasteiger partial charge is 0.462 e. The van der Waals surface area contributed by atoms with Crippen molar-refractivity contribution in [3.05, 3.63) is 28.0 Å². The fraction of sp³-hybridized carbons (Fsp3) is 0.385. The number of carbonyl (C=O) groups is 2. The van der Waals surface area contributed by atoms with E-state index in [1.165, 1.54) is 23.1 Å². The first-order valence-electron chi connectivity index (χ1n) is 6.33. The molecule has 0 unspecified atom stereocenters. The zero-order chi connectivity index (χ0) is 15.4. The van der Waals surface area contributed by atoms with E-state index in [9.17, 15) is 9.59 Å². The standard InChI is InChI=1S/C13H15N3O3S2/c1-4-19-12(18)11-8(3)15-7(2)10(11)9(17)5-20-13-16-14-6-21-13/h6,15H,4-5H2,1-3H3. The summed E-state index contributed by atoms with van der Waals surface area (Å²) in [5.74, 6) is -0.386. The zero-order valence-electron chi connectivity index (χ0n) is 11.9. The Morgan fingerprint density at radius 1 is 1.33 bits per heavy atom. The molecule has 0 saturated carbocycles. The van der Waals surface area contributed by atoms with Crippen LogP contribution in [0.2, 0.25) is 0 Å². The van der Waals surface area contributed by atoms with Crippen molar-refractivity contribution in [2.45, 2.75) is 25.1 Å². The van der Waals surface area contributed by atoms with E-state index in [-0.39, 0.29) is 18.1 Å². The summed E-state index contributed by atoms with van der Waals surface area (Å²) in [6.07, 6.45) is 0. The normalized spacial score (nSPS) is 10.6. The average Bonchev–Trinajstić information content (AvgIpc) is 3.03. The Morgan fingerprint density at radius 3 is 2.67 bits per heavy atom. The number of aryl methyl sites for hydroxylation is 2. The van der Waals surface area contributed by atoms with E-state index in [0.29, 0.717) is 22.5 Å². The van der Waals surface area contributed by atoms with Crippen LogP contribution in [0.4, 0.5) is 0 Å². The number of ether oxygens (including phenoxy) is 1. The number of H-pyrrole nitrogens is 1. The highest BCUT2D eigenvalue weighted by atomic mass is 32.2. The Morgan fingerprint density at radius 2 is 2.05 bits per heavy atom. The second kappa shape index (κ2) is 6.86. The molecule has 0 spiro atoms. The smallest absolute Gasteiger partial charge is 0.340 e. The summed E-state index contributed by atoms with van der Waals surface area (Å²) < 4.78 is 5.75. The third-order valence-electron chi connectivity index (χ3n) is 2.80. The molecule has 21 heavy (non-hydrogen) atoms. The van der Waals surface area contributed by atoms with Crippen LogP contribution in [0.1, 0.15) is 39.0 Å². The molecule has 6 nitrogen and oxygen atoms in total. The molecule has 2 heterocycles. The van der Waals surface area contributed by atoms with Crippen molar-refractivity contribution in [2.24, 2.45) is 0 Å². The molecule has 0 aromatic carbocycles. The van der Waals surface area contributed by atoms with E-state index < -0.39 is 5.97 Å². The summed E-state index contributed by atoms with van der Waals surface area (Å²) in [7, 11) is 0. The Kier molecular flexibility index (Phi) is 5.13. The fourth-order valence-electron chi connectivity index (χ4n) is 2.01. The molecule has 1 N–H and O–H groups in total. The highest BCUT2D eigenvalue weighted by Gasteiger charge is 2.25. The van der Waals surface area contributed by atoms with Crippen LogP contribution in [-0.2, 0) is 4.74 Å². The third kappa shape index (κ3) is 3.51. The summed E-state index contributed by atoms with van der Waals surface area (Å²) in [6.45, 7) is 5.54. The minimum Gasteiger partial charge on any atom is -0.462 e. The number of aromatic amines is 1. The molecule has 0 bridgehead atoms. The van der Waals surface area contributed by atoms with Crippen LogP contribution >= 0.6 is 23.1 Å². The lowest BCUT2D eigenvalue weighted by Crippen LogP contribution is -2.13. The van der Waals surface area contributed by atoms with E-state index in [4.69, 9.17) is 4.74 Å². The Labute approximate surface area is 130 Å². The molecule has 0 aliphatic rings. The summed E-state index contributed by atoms with van der Waals surface area (Å²) in [5, 5.41) is 7.60. The number of thioether (sulfide) groups is 1. The number of hydrogen-bond acceptors (Lipinski definition) is 7. The van der Waals surface area contributed by atoms with Crippen molar-refractivity contribution in [3.63, 3.8) is 0 Å². The lowest BCUT2D eigenvalue weighted by atomic mass is 10.1. The minimum absolute atomic E-state index is 0.125. The van der Waals surface area contributed by atoms with Crippen molar-refractivity contribution in [2.75, 3.05) is 12.4 Å². The average molecular weight is 325 g/mol. The number of rotatable bonds is 6. The predicted molar refractivity (Wildman–Crippen MR) is 81.2 cm³/mol. The van der Waals surface area contributed by atoms with Crippen molar-refractivity contribution < 1.29 is 14.3 Å². The van der Waals surface area contributed by atoms with E-state index in [0.717, 1.165) is 4.34 Å². The second-order valence-electron chi connectivity index (χ2n) is 4.26. The summed E-state index contributed by atoms with van der Waals surface area (Å²) in [4.78, 5) is 27.5. The molecular weight excluding hydrogens is 310 g/mol. The first-order chi connectivity index (χ1) is 10.0. The number of hydrogen-bond donors (Lipinski definition) is 1. The van der Waals surface area contributed by atoms with E-state index in [1.54, 1.807) is 26.3 Å². The van der Waals surface area contributed by atoms with Crippen molar-refractivity contribution in [3.8, 4) is 0 Å². The molecule has 2 aromatic rings. The lowest BCUT2D eigenvalue weighted by molar-refractivity contribution is 0.0522. The first-order valence-corrected chi connectivity index (χ1v) is 8.19. The van der Waals surface area contributed by atoms with Gasteiger partial charge in [0.2, 0.25) is 0 Å². The Hall–Kier alpha value is -1.67. The summed E-state index contributed by atoms with van der Waals surface area (Å²) in [6, 6.07) is 0. The van der Waals surface area contributed by atoms with Crippen LogP contribution in [0.3, 0.4) is 0 Å². The fourth-order valence-corrected chi connectivity index (χ4v) is 3.37. The topological polar surface area (TPSA) is 84.9 Å². The van der Waals surface area contributed by atoms with Gasteiger partial charge in [-0.25, -0.2) is 4.79 Å². The minimum atomic E-state index is -0.469. The van der Waals surface area contributed by atoms with Gasteiger partial charge in [-0.05, 0) is 20.8 Å². The molecule has 0 aliphatic carbocycles. The van der Waals surface area contributed by atoms with E-state index >= 15 is 0 Å². The molecule has 8 heteroatoms. The van der Waals surface area contributed by atoms with Gasteiger partial charge in [-0.2, -0.15) is 0 Å². The van der Waals surface area contributed by atoms with Gasteiger partial charge in [0.1, 0.15) is 5.51 Å². The van der Waals surface area contributed by atoms with Crippen molar-refractivity contribution >= 4 is 34.9 Å². The maximum Gasteiger partial charge on any atom is 0.340 e. The summed E-state index contributed by atoms with van der Waals surface area (Å²) in [5.41, 5.74) is 3.68. The number of ketones is 1. The molecule has 0 radical (unpaired) electrons. The van der Waals surface area contributed by atoms with Gasteiger partial charge in [0, 0.05) is 11.4 Å². The van der Waals surface area contributed by atoms with Crippen LogP contribution in [0.5, 0.6) is 0 Å². The molecule has 0 amide bonds. The van der Waals surface area contributed by atoms with Gasteiger partial charge in [-0.15, -0.1) is 10.2 Å². The molecule has 112 valence electrons. The number of nitrogens with one attached hydrogen (secondary N) is 1. The quantitative estimate of drug-likeness (QED) is 0.499. The number of aromatic nitrogens is 3. The van der Waals surface area contributed by atoms with Gasteiger partial charge < -0.3 is 9.72 Å². The Bertz CT molecular complexity index is 650. The van der Waals surface area contributed by atoms with Gasteiger partial charge >= 0.3 is 5.97 Å². The van der Waals surface area contributed by atoms with Gasteiger partial charge in [0.15, 0.2) is 10.1 Å². The van der Waals surface area contributed by atoms with Gasteiger partial charge in [0.25, 0.3) is 0 Å². The van der Waals surface area contributed by atoms with E-state index in [2.05, 4.69) is 15.2 Å². The number of Topliss-reactive ketones (excluding diaryl/α,β-unsaturated/α-hetero) is 1. The maximum atomic E-state index is 12.4. The van der Waals surface area contributed by atoms with Gasteiger partial charge in [-0.1, -0.05) is 23.1 Å². The molecule has 0 saturated heterocycles. The highest BCUT2D eigenvalue weighted by molar-refractivity contribution is 8.01. The number of nitrogens with zero attached hydrogens (tertiary/aromatic N) is 2. The molecule has 0 aliphatic heterocycles. The van der Waals surface area contributed by atoms with Crippen molar-refractivity contribution in [1.82, 2.24) is 15.2 Å². The predicted octanol–water partition coefficient (Wildman–Crippen LogP) is 2.63. The van der Waals surface area contributed by atoms with Crippen molar-refractivity contribution in [1.29, 1.82) is 0 Å². The van der Waals surface area contributed by atoms with Crippen LogP contribution in [0.15, 0.2) is 9.85 Å². The molecular formula is C13H15N3O3S2. The van der Waals surface area contributed by atoms with Crippen LogP contribution in [0.25, 0.3) is 0 Å². The monoisotopic (exact) mass is 325 g/mol. The van der Waals surface area contributed by atoms with Crippen LogP contribution in [-0.4, -0.2) is 39.3 Å². The Balaban J connectivity index is 2.21.